The highest BCUT2D eigenvalue weighted by atomic mass is 16.2. The number of carbonyl (C=O) groups is 3. The topological polar surface area (TPSA) is 103 Å². The van der Waals surface area contributed by atoms with Crippen molar-refractivity contribution >= 4 is 29.2 Å². The van der Waals surface area contributed by atoms with Crippen LogP contribution in [-0.2, 0) is 9.59 Å². The van der Waals surface area contributed by atoms with Crippen molar-refractivity contribution in [1.29, 1.82) is 0 Å². The third kappa shape index (κ3) is 5.40. The first-order chi connectivity index (χ1) is 15.1. The summed E-state index contributed by atoms with van der Waals surface area (Å²) in [6, 6.07) is 18.0. The molecule has 4 rings (SSSR count). The summed E-state index contributed by atoms with van der Waals surface area (Å²) in [5.74, 6) is -0.0616. The van der Waals surface area contributed by atoms with Crippen molar-refractivity contribution in [2.75, 3.05) is 23.7 Å². The first kappa shape index (κ1) is 20.9. The highest BCUT2D eigenvalue weighted by Gasteiger charge is 2.43. The Hall–Kier alpha value is -3.39. The van der Waals surface area contributed by atoms with Crippen molar-refractivity contribution in [2.45, 2.75) is 37.4 Å². The second kappa shape index (κ2) is 9.61. The van der Waals surface area contributed by atoms with Crippen LogP contribution < -0.4 is 21.3 Å². The quantitative estimate of drug-likeness (QED) is 0.574. The Kier molecular flexibility index (Phi) is 6.47. The minimum absolute atomic E-state index is 0.0160. The lowest BCUT2D eigenvalue weighted by atomic mass is 10.0. The summed E-state index contributed by atoms with van der Waals surface area (Å²) in [4.78, 5) is 39.1. The van der Waals surface area contributed by atoms with Crippen LogP contribution in [0.4, 0.5) is 16.2 Å². The van der Waals surface area contributed by atoms with Crippen LogP contribution in [0.3, 0.4) is 0 Å². The average molecular weight is 422 g/mol. The van der Waals surface area contributed by atoms with Gasteiger partial charge in [0.1, 0.15) is 0 Å². The molecule has 162 valence electrons. The van der Waals surface area contributed by atoms with Gasteiger partial charge in [-0.1, -0.05) is 36.4 Å². The molecule has 4 N–H and O–H groups in total. The normalized spacial score (nSPS) is 22.8. The largest absolute Gasteiger partial charge is 0.353 e. The van der Waals surface area contributed by atoms with Gasteiger partial charge in [0.05, 0.1) is 6.04 Å². The number of hydrogen-bond donors (Lipinski definition) is 4. The van der Waals surface area contributed by atoms with E-state index >= 15 is 0 Å². The Morgan fingerprint density at radius 2 is 1.61 bits per heavy atom. The van der Waals surface area contributed by atoms with Crippen LogP contribution in [-0.4, -0.2) is 54.0 Å². The molecule has 2 saturated heterocycles. The van der Waals surface area contributed by atoms with Crippen LogP contribution in [0.5, 0.6) is 0 Å². The van der Waals surface area contributed by atoms with E-state index in [1.165, 1.54) is 0 Å². The maximum Gasteiger partial charge on any atom is 0.319 e. The van der Waals surface area contributed by atoms with Gasteiger partial charge in [-0.3, -0.25) is 14.5 Å². The SMILES string of the molecule is O=C(CC[C@@H]1CNC(=O)[C@@H]2C[C@H](NC(=O)Nc3ccccc3)CN12)Nc1ccccc1. The fourth-order valence-corrected chi connectivity index (χ4v) is 4.27. The number of carbonyl (C=O) groups excluding carboxylic acids is 3. The van der Waals surface area contributed by atoms with E-state index in [-0.39, 0.29) is 36.0 Å². The molecular weight excluding hydrogens is 394 g/mol. The molecule has 0 radical (unpaired) electrons. The zero-order valence-electron chi connectivity index (χ0n) is 17.2. The molecule has 31 heavy (non-hydrogen) atoms. The Balaban J connectivity index is 1.29. The van der Waals surface area contributed by atoms with Crippen LogP contribution >= 0.6 is 0 Å². The Morgan fingerprint density at radius 1 is 0.968 bits per heavy atom. The van der Waals surface area contributed by atoms with E-state index in [4.69, 9.17) is 0 Å². The van der Waals surface area contributed by atoms with Gasteiger partial charge in [0.2, 0.25) is 11.8 Å². The number of nitrogens with one attached hydrogen (secondary N) is 4. The van der Waals surface area contributed by atoms with Gasteiger partial charge < -0.3 is 21.3 Å². The summed E-state index contributed by atoms with van der Waals surface area (Å²) in [6.07, 6.45) is 1.56. The van der Waals surface area contributed by atoms with Crippen molar-refractivity contribution in [1.82, 2.24) is 15.5 Å². The summed E-state index contributed by atoms with van der Waals surface area (Å²) in [5, 5.41) is 11.6. The number of anilines is 2. The highest BCUT2D eigenvalue weighted by molar-refractivity contribution is 5.91. The minimum Gasteiger partial charge on any atom is -0.353 e. The number of benzene rings is 2. The maximum atomic E-state index is 12.4. The van der Waals surface area contributed by atoms with Crippen LogP contribution in [0.15, 0.2) is 60.7 Å². The van der Waals surface area contributed by atoms with Gasteiger partial charge in [-0.25, -0.2) is 4.79 Å². The van der Waals surface area contributed by atoms with E-state index in [1.54, 1.807) is 0 Å². The minimum atomic E-state index is -0.282. The third-order valence-electron chi connectivity index (χ3n) is 5.75. The van der Waals surface area contributed by atoms with Gasteiger partial charge in [-0.15, -0.1) is 0 Å². The zero-order chi connectivity index (χ0) is 21.6. The molecule has 0 saturated carbocycles. The molecule has 0 bridgehead atoms. The van der Waals surface area contributed by atoms with Crippen LogP contribution in [0.1, 0.15) is 19.3 Å². The number of fused-ring (bicyclic) bond motifs is 1. The van der Waals surface area contributed by atoms with Crippen molar-refractivity contribution in [3.8, 4) is 0 Å². The molecule has 2 aromatic rings. The lowest BCUT2D eigenvalue weighted by Crippen LogP contribution is -2.58. The van der Waals surface area contributed by atoms with Gasteiger partial charge in [-0.05, 0) is 37.1 Å². The summed E-state index contributed by atoms with van der Waals surface area (Å²) in [6.45, 7) is 1.10. The van der Waals surface area contributed by atoms with Crippen molar-refractivity contribution in [2.24, 2.45) is 0 Å². The molecule has 8 nitrogen and oxygen atoms in total. The summed E-state index contributed by atoms with van der Waals surface area (Å²) in [7, 11) is 0. The number of amides is 4. The number of hydrogen-bond acceptors (Lipinski definition) is 4. The zero-order valence-corrected chi connectivity index (χ0v) is 17.2. The Labute approximate surface area is 181 Å². The molecule has 0 unspecified atom stereocenters. The summed E-state index contributed by atoms with van der Waals surface area (Å²) >= 11 is 0. The fourth-order valence-electron chi connectivity index (χ4n) is 4.27. The molecule has 2 heterocycles. The Morgan fingerprint density at radius 3 is 2.29 bits per heavy atom. The standard InChI is InChI=1S/C23H27N5O3/c29-21(25-16-7-3-1-4-8-16)12-11-19-14-24-22(30)20-13-18(15-28(19)20)27-23(31)26-17-9-5-2-6-10-17/h1-10,18-20H,11-15H2,(H,24,30)(H,25,29)(H2,26,27,31)/t18-,19+,20-/m0/s1. The molecular formula is C23H27N5O3. The van der Waals surface area contributed by atoms with E-state index in [0.717, 1.165) is 11.4 Å². The molecule has 2 aliphatic rings. The third-order valence-corrected chi connectivity index (χ3v) is 5.75. The second-order valence-electron chi connectivity index (χ2n) is 7.96. The molecule has 2 aromatic carbocycles. The number of rotatable bonds is 6. The van der Waals surface area contributed by atoms with E-state index in [1.807, 2.05) is 60.7 Å². The first-order valence-electron chi connectivity index (χ1n) is 10.6. The van der Waals surface area contributed by atoms with E-state index in [9.17, 15) is 14.4 Å². The Bertz CT molecular complexity index is 921. The maximum absolute atomic E-state index is 12.4. The first-order valence-corrected chi connectivity index (χ1v) is 10.6. The van der Waals surface area contributed by atoms with Gasteiger partial charge in [-0.2, -0.15) is 0 Å². The predicted octanol–water partition coefficient (Wildman–Crippen LogP) is 2.17. The number of nitrogens with zero attached hydrogens (tertiary/aromatic N) is 1. The number of para-hydroxylation sites is 2. The highest BCUT2D eigenvalue weighted by Crippen LogP contribution is 2.26. The molecule has 2 fully saturated rings. The van der Waals surface area contributed by atoms with Gasteiger partial charge in [0.25, 0.3) is 0 Å². The van der Waals surface area contributed by atoms with Gasteiger partial charge >= 0.3 is 6.03 Å². The number of urea groups is 1. The lowest BCUT2D eigenvalue weighted by Gasteiger charge is -2.37. The molecule has 3 atom stereocenters. The molecule has 0 aliphatic carbocycles. The van der Waals surface area contributed by atoms with Crippen LogP contribution in [0.25, 0.3) is 0 Å². The molecule has 0 aromatic heterocycles. The lowest BCUT2D eigenvalue weighted by molar-refractivity contribution is -0.129. The van der Waals surface area contributed by atoms with Gasteiger partial charge in [0.15, 0.2) is 0 Å². The van der Waals surface area contributed by atoms with E-state index in [2.05, 4.69) is 26.2 Å². The van der Waals surface area contributed by atoms with E-state index < -0.39 is 0 Å². The molecule has 8 heteroatoms. The van der Waals surface area contributed by atoms with E-state index in [0.29, 0.717) is 32.4 Å². The second-order valence-corrected chi connectivity index (χ2v) is 7.96. The van der Waals surface area contributed by atoms with Crippen molar-refractivity contribution < 1.29 is 14.4 Å². The van der Waals surface area contributed by atoms with Crippen LogP contribution in [0, 0.1) is 0 Å². The monoisotopic (exact) mass is 421 g/mol. The van der Waals surface area contributed by atoms with Crippen molar-refractivity contribution in [3.05, 3.63) is 60.7 Å². The average Bonchev–Trinajstić information content (AvgIpc) is 3.19. The summed E-state index contributed by atoms with van der Waals surface area (Å²) in [5.41, 5.74) is 1.49. The smallest absolute Gasteiger partial charge is 0.319 e. The van der Waals surface area contributed by atoms with Crippen LogP contribution in [0.2, 0.25) is 0 Å². The van der Waals surface area contributed by atoms with Crippen molar-refractivity contribution in [3.63, 3.8) is 0 Å². The predicted molar refractivity (Wildman–Crippen MR) is 119 cm³/mol. The summed E-state index contributed by atoms with van der Waals surface area (Å²) < 4.78 is 0. The van der Waals surface area contributed by atoms with Gasteiger partial charge in [0, 0.05) is 43.0 Å². The molecule has 4 amide bonds. The fraction of sp³-hybridized carbons (Fsp3) is 0.348. The molecule has 0 spiro atoms. The molecule has 2 aliphatic heterocycles. The number of piperazine rings is 1.